The number of likely N-dealkylation sites (N-methyl/N-ethyl adjacent to an activating group) is 1. The number of rotatable bonds is 7. The molecule has 1 fully saturated rings. The number of benzene rings is 2. The lowest BCUT2D eigenvalue weighted by atomic mass is 9.90. The zero-order chi connectivity index (χ0) is 22.8. The number of nitrogens with one attached hydrogen (secondary N) is 2. The number of aromatic nitrogens is 2. The first kappa shape index (κ1) is 22.1. The Bertz CT molecular complexity index is 1240. The Morgan fingerprint density at radius 1 is 1.15 bits per heavy atom. The fourth-order valence-corrected chi connectivity index (χ4v) is 5.98. The predicted molar refractivity (Wildman–Crippen MR) is 134 cm³/mol. The van der Waals surface area contributed by atoms with Gasteiger partial charge in [-0.25, -0.2) is 0 Å². The normalized spacial score (nSPS) is 18.7. The fourth-order valence-electron chi connectivity index (χ4n) is 4.82. The summed E-state index contributed by atoms with van der Waals surface area (Å²) in [6.45, 7) is 1.02. The number of thiophene rings is 1. The van der Waals surface area contributed by atoms with E-state index in [0.717, 1.165) is 49.0 Å². The topological polar surface area (TPSA) is 70.2 Å². The molecule has 5 rings (SSSR count). The van der Waals surface area contributed by atoms with Crippen LogP contribution in [0.3, 0.4) is 0 Å². The molecule has 0 atom stereocenters. The number of hydrogen-bond acceptors (Lipinski definition) is 5. The highest BCUT2D eigenvalue weighted by molar-refractivity contribution is 7.26. The van der Waals surface area contributed by atoms with E-state index in [2.05, 4.69) is 64.0 Å². The molecule has 0 radical (unpaired) electrons. The van der Waals surface area contributed by atoms with Gasteiger partial charge >= 0.3 is 0 Å². The van der Waals surface area contributed by atoms with Crippen LogP contribution in [0, 0.1) is 0 Å². The zero-order valence-corrected chi connectivity index (χ0v) is 20.0. The van der Waals surface area contributed by atoms with E-state index in [-0.39, 0.29) is 12.5 Å². The van der Waals surface area contributed by atoms with E-state index in [0.29, 0.717) is 12.1 Å². The minimum absolute atomic E-state index is 0.0684. The number of fused-ring (bicyclic) bond motifs is 3. The van der Waals surface area contributed by atoms with Gasteiger partial charge in [0.2, 0.25) is 5.91 Å². The molecule has 2 aromatic carbocycles. The quantitative estimate of drug-likeness (QED) is 0.408. The van der Waals surface area contributed by atoms with Crippen LogP contribution >= 0.6 is 11.3 Å². The summed E-state index contributed by atoms with van der Waals surface area (Å²) in [6, 6.07) is 18.0. The van der Waals surface area contributed by atoms with Crippen molar-refractivity contribution in [3.8, 4) is 11.3 Å². The number of carbonyl (C=O) groups excluding carboxylic acids is 1. The Morgan fingerprint density at radius 3 is 2.67 bits per heavy atom. The summed E-state index contributed by atoms with van der Waals surface area (Å²) in [5.41, 5.74) is 4.56. The van der Waals surface area contributed by atoms with Gasteiger partial charge in [0, 0.05) is 48.4 Å². The monoisotopic (exact) mass is 462 g/mol. The average Bonchev–Trinajstić information content (AvgIpc) is 3.43. The van der Waals surface area contributed by atoms with E-state index in [1.54, 1.807) is 18.4 Å². The van der Waals surface area contributed by atoms with Gasteiger partial charge in [0.15, 0.2) is 0 Å². The number of ether oxygens (including phenoxy) is 1. The van der Waals surface area contributed by atoms with Gasteiger partial charge in [-0.1, -0.05) is 42.5 Å². The minimum Gasteiger partial charge on any atom is -0.375 e. The van der Waals surface area contributed by atoms with E-state index in [1.165, 1.54) is 20.3 Å². The summed E-state index contributed by atoms with van der Waals surface area (Å²) in [7, 11) is 3.46. The van der Waals surface area contributed by atoms with Crippen LogP contribution in [0.15, 0.2) is 48.5 Å². The van der Waals surface area contributed by atoms with Crippen LogP contribution in [0.5, 0.6) is 0 Å². The van der Waals surface area contributed by atoms with Crippen LogP contribution in [-0.4, -0.2) is 53.9 Å². The first-order chi connectivity index (χ1) is 16.1. The number of aromatic amines is 1. The second-order valence-corrected chi connectivity index (χ2v) is 9.95. The molecule has 172 valence electrons. The third-order valence-electron chi connectivity index (χ3n) is 6.82. The molecule has 0 spiro atoms. The molecule has 7 heteroatoms. The molecule has 1 aliphatic rings. The lowest BCUT2D eigenvalue weighted by Crippen LogP contribution is -2.44. The molecule has 0 bridgehead atoms. The van der Waals surface area contributed by atoms with Gasteiger partial charge in [-0.3, -0.25) is 9.89 Å². The molecule has 33 heavy (non-hydrogen) atoms. The van der Waals surface area contributed by atoms with Crippen LogP contribution in [0.2, 0.25) is 0 Å². The van der Waals surface area contributed by atoms with Gasteiger partial charge in [-0.05, 0) is 37.3 Å². The Hall–Kier alpha value is -2.74. The molecular formula is C26H30N4O2S. The summed E-state index contributed by atoms with van der Waals surface area (Å²) in [6.07, 6.45) is 4.24. The Labute approximate surface area is 197 Å². The van der Waals surface area contributed by atoms with Gasteiger partial charge in [-0.2, -0.15) is 5.10 Å². The summed E-state index contributed by atoms with van der Waals surface area (Å²) in [4.78, 5) is 13.9. The molecular weight excluding hydrogens is 432 g/mol. The number of nitrogens with zero attached hydrogens (tertiary/aromatic N) is 2. The SMILES string of the molecule is COCC(=O)N(C)C1CCC(NCc2ccc(-c3n[nH]c4c3sc3ccccc34)cc2)CC1. The van der Waals surface area contributed by atoms with Gasteiger partial charge < -0.3 is 15.0 Å². The zero-order valence-electron chi connectivity index (χ0n) is 19.1. The second-order valence-electron chi connectivity index (χ2n) is 8.90. The van der Waals surface area contributed by atoms with Crippen molar-refractivity contribution in [3.05, 3.63) is 54.1 Å². The minimum atomic E-state index is 0.0684. The van der Waals surface area contributed by atoms with Crippen molar-refractivity contribution >= 4 is 37.5 Å². The van der Waals surface area contributed by atoms with Crippen molar-refractivity contribution in [1.82, 2.24) is 20.4 Å². The highest BCUT2D eigenvalue weighted by atomic mass is 32.1. The highest BCUT2D eigenvalue weighted by Gasteiger charge is 2.26. The Morgan fingerprint density at radius 2 is 1.91 bits per heavy atom. The molecule has 4 aromatic rings. The van der Waals surface area contributed by atoms with E-state index < -0.39 is 0 Å². The van der Waals surface area contributed by atoms with Gasteiger partial charge in [0.05, 0.1) is 10.2 Å². The van der Waals surface area contributed by atoms with E-state index in [4.69, 9.17) is 4.74 Å². The Balaban J connectivity index is 1.18. The lowest BCUT2D eigenvalue weighted by Gasteiger charge is -2.35. The van der Waals surface area contributed by atoms with Crippen molar-refractivity contribution < 1.29 is 9.53 Å². The molecule has 0 saturated heterocycles. The van der Waals surface area contributed by atoms with Crippen molar-refractivity contribution in [2.24, 2.45) is 0 Å². The van der Waals surface area contributed by atoms with Crippen LogP contribution in [0.4, 0.5) is 0 Å². The average molecular weight is 463 g/mol. The summed E-state index contributed by atoms with van der Waals surface area (Å²) in [5, 5.41) is 12.8. The fraction of sp³-hybridized carbons (Fsp3) is 0.385. The van der Waals surface area contributed by atoms with E-state index in [9.17, 15) is 4.79 Å². The smallest absolute Gasteiger partial charge is 0.248 e. The molecule has 1 saturated carbocycles. The Kier molecular flexibility index (Phi) is 6.44. The lowest BCUT2D eigenvalue weighted by molar-refractivity contribution is -0.136. The summed E-state index contributed by atoms with van der Waals surface area (Å²) < 4.78 is 7.48. The van der Waals surface area contributed by atoms with Crippen molar-refractivity contribution in [3.63, 3.8) is 0 Å². The van der Waals surface area contributed by atoms with Gasteiger partial charge in [0.25, 0.3) is 0 Å². The molecule has 1 aliphatic carbocycles. The van der Waals surface area contributed by atoms with Crippen LogP contribution < -0.4 is 5.32 Å². The predicted octanol–water partition coefficient (Wildman–Crippen LogP) is 4.95. The second kappa shape index (κ2) is 9.63. The highest BCUT2D eigenvalue weighted by Crippen LogP contribution is 2.38. The molecule has 6 nitrogen and oxygen atoms in total. The molecule has 2 N–H and O–H groups in total. The largest absolute Gasteiger partial charge is 0.375 e. The van der Waals surface area contributed by atoms with Crippen molar-refractivity contribution in [1.29, 1.82) is 0 Å². The number of H-pyrrole nitrogens is 1. The third-order valence-corrected chi connectivity index (χ3v) is 8.00. The number of methoxy groups -OCH3 is 1. The maximum Gasteiger partial charge on any atom is 0.248 e. The molecule has 0 aliphatic heterocycles. The molecule has 2 aromatic heterocycles. The number of carbonyl (C=O) groups is 1. The van der Waals surface area contributed by atoms with E-state index in [1.807, 2.05) is 11.9 Å². The van der Waals surface area contributed by atoms with Gasteiger partial charge in [-0.15, -0.1) is 11.3 Å². The standard InChI is InChI=1S/C26H30N4O2S/c1-30(23(31)16-32-2)20-13-11-19(12-14-20)27-15-17-7-9-18(10-8-17)24-26-25(29-28-24)21-5-3-4-6-22(21)33-26/h3-10,19-20,27H,11-16H2,1-2H3,(H,28,29). The van der Waals surface area contributed by atoms with Crippen molar-refractivity contribution in [2.75, 3.05) is 20.8 Å². The van der Waals surface area contributed by atoms with E-state index >= 15 is 0 Å². The maximum atomic E-state index is 12.0. The van der Waals surface area contributed by atoms with Crippen molar-refractivity contribution in [2.45, 2.75) is 44.3 Å². The molecule has 1 amide bonds. The first-order valence-electron chi connectivity index (χ1n) is 11.6. The summed E-state index contributed by atoms with van der Waals surface area (Å²) >= 11 is 1.79. The van der Waals surface area contributed by atoms with Crippen LogP contribution in [0.1, 0.15) is 31.2 Å². The third kappa shape index (κ3) is 4.53. The maximum absolute atomic E-state index is 12.0. The molecule has 2 heterocycles. The van der Waals surface area contributed by atoms with Crippen LogP contribution in [0.25, 0.3) is 31.6 Å². The first-order valence-corrected chi connectivity index (χ1v) is 12.4. The number of hydrogen-bond donors (Lipinski definition) is 2. The van der Waals surface area contributed by atoms with Gasteiger partial charge in [0.1, 0.15) is 12.3 Å². The van der Waals surface area contributed by atoms with Crippen LogP contribution in [-0.2, 0) is 16.1 Å². The molecule has 0 unspecified atom stereocenters. The number of amides is 1. The summed E-state index contributed by atoms with van der Waals surface area (Å²) in [5.74, 6) is 0.0684.